The average Bonchev–Trinajstić information content (AvgIpc) is 2.47. The van der Waals surface area contributed by atoms with Gasteiger partial charge < -0.3 is 5.32 Å². The second-order valence-corrected chi connectivity index (χ2v) is 5.09. The molecule has 100 valence electrons. The number of hydrogen-bond acceptors (Lipinski definition) is 3. The number of nitrogens with zero attached hydrogens (tertiary/aromatic N) is 2. The van der Waals surface area contributed by atoms with Crippen molar-refractivity contribution in [2.75, 3.05) is 11.9 Å². The standard InChI is InChI=1S/C15H18BrN3/c1-3-10-17-15-13(16)14(18-12(4-2)19-15)11-8-6-5-7-9-11/h5-9H,3-4,10H2,1-2H3,(H,17,18,19). The Labute approximate surface area is 122 Å². The molecular formula is C15H18BrN3. The van der Waals surface area contributed by atoms with Gasteiger partial charge in [0.05, 0.1) is 10.2 Å². The lowest BCUT2D eigenvalue weighted by Gasteiger charge is -2.12. The highest BCUT2D eigenvalue weighted by molar-refractivity contribution is 9.10. The number of aromatic nitrogens is 2. The third kappa shape index (κ3) is 3.32. The Morgan fingerprint density at radius 3 is 2.47 bits per heavy atom. The summed E-state index contributed by atoms with van der Waals surface area (Å²) in [5, 5.41) is 3.35. The molecule has 1 aromatic heterocycles. The quantitative estimate of drug-likeness (QED) is 0.893. The number of hydrogen-bond donors (Lipinski definition) is 1. The van der Waals surface area contributed by atoms with E-state index in [-0.39, 0.29) is 0 Å². The third-order valence-electron chi connectivity index (χ3n) is 2.80. The molecule has 4 heteroatoms. The molecule has 0 saturated heterocycles. The molecule has 0 fully saturated rings. The summed E-state index contributed by atoms with van der Waals surface area (Å²) in [4.78, 5) is 9.18. The zero-order valence-electron chi connectivity index (χ0n) is 11.3. The van der Waals surface area contributed by atoms with Crippen molar-refractivity contribution < 1.29 is 0 Å². The topological polar surface area (TPSA) is 37.8 Å². The fraction of sp³-hybridized carbons (Fsp3) is 0.333. The van der Waals surface area contributed by atoms with Crippen LogP contribution < -0.4 is 5.32 Å². The molecule has 0 unspecified atom stereocenters. The summed E-state index contributed by atoms with van der Waals surface area (Å²) in [7, 11) is 0. The first kappa shape index (κ1) is 14.0. The first-order chi connectivity index (χ1) is 9.26. The van der Waals surface area contributed by atoms with E-state index in [1.165, 1.54) is 0 Å². The van der Waals surface area contributed by atoms with Gasteiger partial charge in [-0.25, -0.2) is 9.97 Å². The normalized spacial score (nSPS) is 10.5. The maximum atomic E-state index is 4.63. The lowest BCUT2D eigenvalue weighted by Crippen LogP contribution is -2.07. The summed E-state index contributed by atoms with van der Waals surface area (Å²) in [6.07, 6.45) is 1.90. The van der Waals surface area contributed by atoms with Crippen molar-refractivity contribution in [1.29, 1.82) is 0 Å². The van der Waals surface area contributed by atoms with Gasteiger partial charge in [0.2, 0.25) is 0 Å². The fourth-order valence-electron chi connectivity index (χ4n) is 1.80. The number of benzene rings is 1. The summed E-state index contributed by atoms with van der Waals surface area (Å²) < 4.78 is 0.935. The first-order valence-corrected chi connectivity index (χ1v) is 7.41. The molecule has 0 aliphatic carbocycles. The number of aryl methyl sites for hydroxylation is 1. The van der Waals surface area contributed by atoms with Crippen LogP contribution in [0.25, 0.3) is 11.3 Å². The Balaban J connectivity index is 2.47. The first-order valence-electron chi connectivity index (χ1n) is 6.62. The van der Waals surface area contributed by atoms with Gasteiger partial charge in [-0.2, -0.15) is 0 Å². The highest BCUT2D eigenvalue weighted by atomic mass is 79.9. The SMILES string of the molecule is CCCNc1nc(CC)nc(-c2ccccc2)c1Br. The van der Waals surface area contributed by atoms with Crippen LogP contribution in [0.15, 0.2) is 34.8 Å². The predicted molar refractivity (Wildman–Crippen MR) is 83.3 cm³/mol. The Morgan fingerprint density at radius 2 is 1.84 bits per heavy atom. The van der Waals surface area contributed by atoms with Gasteiger partial charge in [-0.1, -0.05) is 44.2 Å². The van der Waals surface area contributed by atoms with Crippen molar-refractivity contribution in [3.63, 3.8) is 0 Å². The molecule has 0 bridgehead atoms. The summed E-state index contributed by atoms with van der Waals surface area (Å²) in [5.74, 6) is 1.74. The lowest BCUT2D eigenvalue weighted by atomic mass is 10.1. The molecule has 0 aliphatic rings. The van der Waals surface area contributed by atoms with Crippen LogP contribution in [0.1, 0.15) is 26.1 Å². The zero-order chi connectivity index (χ0) is 13.7. The largest absolute Gasteiger partial charge is 0.369 e. The third-order valence-corrected chi connectivity index (χ3v) is 3.55. The Bertz CT molecular complexity index is 541. The minimum absolute atomic E-state index is 0.827. The van der Waals surface area contributed by atoms with Crippen LogP contribution in [0.5, 0.6) is 0 Å². The molecule has 0 saturated carbocycles. The van der Waals surface area contributed by atoms with Crippen LogP contribution in [-0.4, -0.2) is 16.5 Å². The van der Waals surface area contributed by atoms with Crippen LogP contribution in [-0.2, 0) is 6.42 Å². The van der Waals surface area contributed by atoms with Gasteiger partial charge in [-0.15, -0.1) is 0 Å². The van der Waals surface area contributed by atoms with E-state index in [4.69, 9.17) is 0 Å². The fourth-order valence-corrected chi connectivity index (χ4v) is 2.35. The molecule has 0 spiro atoms. The van der Waals surface area contributed by atoms with Crippen molar-refractivity contribution in [3.8, 4) is 11.3 Å². The molecule has 3 nitrogen and oxygen atoms in total. The number of rotatable bonds is 5. The van der Waals surface area contributed by atoms with E-state index in [9.17, 15) is 0 Å². The molecule has 0 amide bonds. The highest BCUT2D eigenvalue weighted by Gasteiger charge is 2.12. The minimum atomic E-state index is 0.827. The molecule has 1 aromatic carbocycles. The van der Waals surface area contributed by atoms with Gasteiger partial charge in [0.15, 0.2) is 0 Å². The average molecular weight is 320 g/mol. The molecule has 1 N–H and O–H groups in total. The van der Waals surface area contributed by atoms with Crippen LogP contribution in [0.3, 0.4) is 0 Å². The van der Waals surface area contributed by atoms with Crippen molar-refractivity contribution in [1.82, 2.24) is 9.97 Å². The monoisotopic (exact) mass is 319 g/mol. The maximum Gasteiger partial charge on any atom is 0.144 e. The Kier molecular flexibility index (Phi) is 4.91. The second-order valence-electron chi connectivity index (χ2n) is 4.30. The molecule has 0 radical (unpaired) electrons. The van der Waals surface area contributed by atoms with Gasteiger partial charge in [0, 0.05) is 18.5 Å². The second kappa shape index (κ2) is 6.66. The van der Waals surface area contributed by atoms with E-state index in [0.29, 0.717) is 0 Å². The molecule has 1 heterocycles. The number of nitrogens with one attached hydrogen (secondary N) is 1. The molecular weight excluding hydrogens is 302 g/mol. The summed E-state index contributed by atoms with van der Waals surface area (Å²) >= 11 is 3.62. The van der Waals surface area contributed by atoms with E-state index in [1.54, 1.807) is 0 Å². The number of halogens is 1. The molecule has 0 atom stereocenters. The van der Waals surface area contributed by atoms with Crippen LogP contribution in [0.2, 0.25) is 0 Å². The Hall–Kier alpha value is -1.42. The van der Waals surface area contributed by atoms with Crippen molar-refractivity contribution in [3.05, 3.63) is 40.6 Å². The number of anilines is 1. The summed E-state index contributed by atoms with van der Waals surface area (Å²) in [6.45, 7) is 5.12. The van der Waals surface area contributed by atoms with Gasteiger partial charge in [0.25, 0.3) is 0 Å². The highest BCUT2D eigenvalue weighted by Crippen LogP contribution is 2.31. The van der Waals surface area contributed by atoms with E-state index in [0.717, 1.165) is 46.8 Å². The summed E-state index contributed by atoms with van der Waals surface area (Å²) in [6, 6.07) is 10.2. The van der Waals surface area contributed by atoms with Gasteiger partial charge in [0.1, 0.15) is 11.6 Å². The van der Waals surface area contributed by atoms with Crippen molar-refractivity contribution in [2.24, 2.45) is 0 Å². The molecule has 19 heavy (non-hydrogen) atoms. The van der Waals surface area contributed by atoms with E-state index in [1.807, 2.05) is 18.2 Å². The van der Waals surface area contributed by atoms with E-state index < -0.39 is 0 Å². The van der Waals surface area contributed by atoms with E-state index >= 15 is 0 Å². The lowest BCUT2D eigenvalue weighted by molar-refractivity contribution is 0.915. The van der Waals surface area contributed by atoms with Crippen LogP contribution >= 0.6 is 15.9 Å². The van der Waals surface area contributed by atoms with Gasteiger partial charge >= 0.3 is 0 Å². The smallest absolute Gasteiger partial charge is 0.144 e. The van der Waals surface area contributed by atoms with E-state index in [2.05, 4.69) is 57.2 Å². The minimum Gasteiger partial charge on any atom is -0.369 e. The molecule has 0 aliphatic heterocycles. The van der Waals surface area contributed by atoms with Crippen LogP contribution in [0.4, 0.5) is 5.82 Å². The molecule has 2 aromatic rings. The molecule has 2 rings (SSSR count). The summed E-state index contributed by atoms with van der Waals surface area (Å²) in [5.41, 5.74) is 2.05. The zero-order valence-corrected chi connectivity index (χ0v) is 12.9. The maximum absolute atomic E-state index is 4.63. The van der Waals surface area contributed by atoms with Crippen molar-refractivity contribution in [2.45, 2.75) is 26.7 Å². The predicted octanol–water partition coefficient (Wildman–Crippen LogP) is 4.29. The van der Waals surface area contributed by atoms with Gasteiger partial charge in [-0.05, 0) is 22.4 Å². The van der Waals surface area contributed by atoms with Gasteiger partial charge in [-0.3, -0.25) is 0 Å². The van der Waals surface area contributed by atoms with Crippen molar-refractivity contribution >= 4 is 21.7 Å². The Morgan fingerprint density at radius 1 is 1.11 bits per heavy atom. The van der Waals surface area contributed by atoms with Crippen LogP contribution in [0, 0.1) is 0 Å².